The quantitative estimate of drug-likeness (QED) is 0.757. The minimum Gasteiger partial charge on any atom is -0.212 e. The molecule has 0 saturated heterocycles. The Hall–Kier alpha value is -0.0600. The Bertz CT molecular complexity index is 410. The maximum Gasteiger partial charge on any atom is 0.237 e. The molecule has 1 heterocycles. The van der Waals surface area contributed by atoms with Crippen LogP contribution in [0.4, 0.5) is 0 Å². The molecule has 0 radical (unpaired) electrons. The summed E-state index contributed by atoms with van der Waals surface area (Å²) in [7, 11) is 1.82. The summed E-state index contributed by atoms with van der Waals surface area (Å²) in [6.45, 7) is 0. The molecule has 0 aromatic carbocycles. The molecule has 0 unspecified atom stereocenters. The number of thiophene rings is 1. The summed E-state index contributed by atoms with van der Waals surface area (Å²) in [5.41, 5.74) is 1.33. The zero-order valence-electron chi connectivity index (χ0n) is 7.62. The van der Waals surface area contributed by atoms with Crippen molar-refractivity contribution in [1.82, 2.24) is 0 Å². The van der Waals surface area contributed by atoms with Crippen molar-refractivity contribution in [2.24, 2.45) is 0 Å². The fraction of sp³-hybridized carbons (Fsp3) is 0.556. The maximum absolute atomic E-state index is 10.9. The van der Waals surface area contributed by atoms with Gasteiger partial charge in [0.25, 0.3) is 0 Å². The van der Waals surface area contributed by atoms with Crippen LogP contribution in [0.3, 0.4) is 0 Å². The van der Waals surface area contributed by atoms with E-state index in [9.17, 15) is 8.42 Å². The van der Waals surface area contributed by atoms with Crippen LogP contribution >= 0.6 is 22.0 Å². The lowest BCUT2D eigenvalue weighted by Gasteiger charge is -2.08. The van der Waals surface area contributed by atoms with Crippen molar-refractivity contribution in [3.05, 3.63) is 21.4 Å². The molecule has 0 saturated carbocycles. The van der Waals surface area contributed by atoms with Gasteiger partial charge in [0.05, 0.1) is 5.75 Å². The summed E-state index contributed by atoms with van der Waals surface area (Å²) < 4.78 is 21.8. The molecule has 2 nitrogen and oxygen atoms in total. The van der Waals surface area contributed by atoms with Crippen LogP contribution in [0.15, 0.2) is 6.07 Å². The Labute approximate surface area is 92.3 Å². The van der Waals surface area contributed by atoms with Crippen molar-refractivity contribution in [3.63, 3.8) is 0 Å². The van der Waals surface area contributed by atoms with E-state index < -0.39 is 9.05 Å². The third-order valence-electron chi connectivity index (χ3n) is 2.36. The van der Waals surface area contributed by atoms with E-state index in [2.05, 4.69) is 0 Å². The van der Waals surface area contributed by atoms with Crippen LogP contribution in [0.2, 0.25) is 0 Å². The number of hydrogen-bond donors (Lipinski definition) is 0. The lowest BCUT2D eigenvalue weighted by molar-refractivity contribution is 0.609. The van der Waals surface area contributed by atoms with Crippen molar-refractivity contribution in [2.75, 3.05) is 0 Å². The van der Waals surface area contributed by atoms with E-state index in [-0.39, 0.29) is 5.75 Å². The Morgan fingerprint density at radius 3 is 2.71 bits per heavy atom. The van der Waals surface area contributed by atoms with Gasteiger partial charge in [-0.2, -0.15) is 0 Å². The monoisotopic (exact) mass is 250 g/mol. The van der Waals surface area contributed by atoms with E-state index in [0.29, 0.717) is 0 Å². The lowest BCUT2D eigenvalue weighted by Crippen LogP contribution is -1.96. The molecular formula is C9H11ClO2S2. The Morgan fingerprint density at radius 1 is 1.36 bits per heavy atom. The second-order valence-corrected chi connectivity index (χ2v) is 7.55. The highest BCUT2D eigenvalue weighted by Crippen LogP contribution is 2.30. The zero-order valence-corrected chi connectivity index (χ0v) is 10.0. The molecule has 0 aliphatic heterocycles. The summed E-state index contributed by atoms with van der Waals surface area (Å²) in [5.74, 6) is -0.0216. The fourth-order valence-electron chi connectivity index (χ4n) is 1.79. The maximum atomic E-state index is 10.9. The summed E-state index contributed by atoms with van der Waals surface area (Å²) in [6.07, 6.45) is 4.63. The van der Waals surface area contributed by atoms with Crippen molar-refractivity contribution in [1.29, 1.82) is 0 Å². The third-order valence-corrected chi connectivity index (χ3v) is 4.77. The van der Waals surface area contributed by atoms with Gasteiger partial charge in [-0.3, -0.25) is 0 Å². The topological polar surface area (TPSA) is 34.1 Å². The first-order valence-corrected chi connectivity index (χ1v) is 7.87. The highest BCUT2D eigenvalue weighted by Gasteiger charge is 2.16. The number of aryl methyl sites for hydroxylation is 2. The molecule has 1 aliphatic carbocycles. The Balaban J connectivity index is 2.24. The molecule has 1 aliphatic rings. The Kier molecular flexibility index (Phi) is 2.86. The number of hydrogen-bond acceptors (Lipinski definition) is 3. The van der Waals surface area contributed by atoms with Gasteiger partial charge in [-0.25, -0.2) is 8.42 Å². The van der Waals surface area contributed by atoms with Crippen LogP contribution in [-0.4, -0.2) is 8.42 Å². The number of fused-ring (bicyclic) bond motifs is 1. The van der Waals surface area contributed by atoms with Crippen LogP contribution in [0.1, 0.15) is 28.2 Å². The standard InChI is InChI=1S/C9H11ClO2S2/c10-14(11,12)6-8-5-7-3-1-2-4-9(7)13-8/h5H,1-4,6H2. The molecule has 2 rings (SSSR count). The molecule has 1 aromatic heterocycles. The highest BCUT2D eigenvalue weighted by atomic mass is 35.7. The number of halogens is 1. The van der Waals surface area contributed by atoms with Crippen LogP contribution in [0, 0.1) is 0 Å². The first-order chi connectivity index (χ1) is 6.54. The van der Waals surface area contributed by atoms with Crippen molar-refractivity contribution < 1.29 is 8.42 Å². The molecule has 0 spiro atoms. The first-order valence-electron chi connectivity index (χ1n) is 4.57. The molecule has 78 valence electrons. The highest BCUT2D eigenvalue weighted by molar-refractivity contribution is 8.13. The van der Waals surface area contributed by atoms with Gasteiger partial charge in [-0.1, -0.05) is 0 Å². The van der Waals surface area contributed by atoms with Crippen LogP contribution in [-0.2, 0) is 27.6 Å². The summed E-state index contributed by atoms with van der Waals surface area (Å²) in [4.78, 5) is 2.23. The minimum atomic E-state index is -3.39. The molecule has 0 bridgehead atoms. The largest absolute Gasteiger partial charge is 0.237 e. The van der Waals surface area contributed by atoms with E-state index >= 15 is 0 Å². The van der Waals surface area contributed by atoms with Crippen LogP contribution in [0.5, 0.6) is 0 Å². The summed E-state index contributed by atoms with van der Waals surface area (Å²) in [6, 6.07) is 2.00. The van der Waals surface area contributed by atoms with E-state index in [1.54, 1.807) is 11.3 Å². The van der Waals surface area contributed by atoms with Gasteiger partial charge >= 0.3 is 0 Å². The summed E-state index contributed by atoms with van der Waals surface area (Å²) in [5, 5.41) is 0. The van der Waals surface area contributed by atoms with E-state index in [4.69, 9.17) is 10.7 Å². The molecular weight excluding hydrogens is 240 g/mol. The van der Waals surface area contributed by atoms with Gasteiger partial charge in [0.1, 0.15) is 0 Å². The predicted octanol–water partition coefficient (Wildman–Crippen LogP) is 2.70. The third kappa shape index (κ3) is 2.49. The molecule has 1 aromatic rings. The molecule has 0 N–H and O–H groups in total. The van der Waals surface area contributed by atoms with Crippen LogP contribution < -0.4 is 0 Å². The molecule has 0 amide bonds. The van der Waals surface area contributed by atoms with E-state index in [0.717, 1.165) is 17.7 Å². The van der Waals surface area contributed by atoms with Gasteiger partial charge in [0.2, 0.25) is 9.05 Å². The molecule has 5 heteroatoms. The second kappa shape index (κ2) is 3.83. The minimum absolute atomic E-state index is 0.0216. The summed E-state index contributed by atoms with van der Waals surface area (Å²) >= 11 is 1.60. The Morgan fingerprint density at radius 2 is 2.07 bits per heavy atom. The average molecular weight is 251 g/mol. The van der Waals surface area contributed by atoms with Gasteiger partial charge in [0.15, 0.2) is 0 Å². The van der Waals surface area contributed by atoms with Crippen molar-refractivity contribution in [2.45, 2.75) is 31.4 Å². The zero-order chi connectivity index (χ0) is 10.2. The van der Waals surface area contributed by atoms with Gasteiger partial charge in [-0.15, -0.1) is 11.3 Å². The van der Waals surface area contributed by atoms with E-state index in [1.165, 1.54) is 23.3 Å². The normalized spacial score (nSPS) is 16.6. The predicted molar refractivity (Wildman–Crippen MR) is 59.4 cm³/mol. The molecule has 0 fully saturated rings. The van der Waals surface area contributed by atoms with Crippen LogP contribution in [0.25, 0.3) is 0 Å². The second-order valence-electron chi connectivity index (χ2n) is 3.55. The van der Waals surface area contributed by atoms with Gasteiger partial charge in [0, 0.05) is 20.4 Å². The molecule has 0 atom stereocenters. The average Bonchev–Trinajstić information content (AvgIpc) is 2.42. The SMILES string of the molecule is O=S(=O)(Cl)Cc1cc2c(s1)CCCC2. The van der Waals surface area contributed by atoms with Gasteiger partial charge < -0.3 is 0 Å². The van der Waals surface area contributed by atoms with E-state index in [1.807, 2.05) is 6.07 Å². The number of rotatable bonds is 2. The van der Waals surface area contributed by atoms with Crippen molar-refractivity contribution in [3.8, 4) is 0 Å². The fourth-order valence-corrected chi connectivity index (χ4v) is 4.52. The first kappa shape index (κ1) is 10.5. The molecule has 14 heavy (non-hydrogen) atoms. The van der Waals surface area contributed by atoms with Crippen molar-refractivity contribution >= 4 is 31.1 Å². The van der Waals surface area contributed by atoms with Gasteiger partial charge in [-0.05, 0) is 37.3 Å². The lowest BCUT2D eigenvalue weighted by atomic mass is 9.99. The smallest absolute Gasteiger partial charge is 0.212 e.